The van der Waals surface area contributed by atoms with Crippen LogP contribution in [0.15, 0.2) is 19.0 Å². The summed E-state index contributed by atoms with van der Waals surface area (Å²) in [4.78, 5) is 19.7. The molecule has 0 saturated heterocycles. The molecular formula is C14H17IN6O. The number of rotatable bonds is 3. The lowest BCUT2D eigenvalue weighted by Crippen LogP contribution is -2.37. The van der Waals surface area contributed by atoms with E-state index in [-0.39, 0.29) is 18.0 Å². The van der Waals surface area contributed by atoms with E-state index in [1.54, 1.807) is 0 Å². The zero-order chi connectivity index (χ0) is 15.7. The third-order valence-corrected chi connectivity index (χ3v) is 4.80. The van der Waals surface area contributed by atoms with Crippen LogP contribution in [0.1, 0.15) is 31.7 Å². The van der Waals surface area contributed by atoms with E-state index in [1.807, 2.05) is 4.68 Å². The zero-order valence-corrected chi connectivity index (χ0v) is 14.2. The number of nitrogen functional groups attached to an aromatic ring is 1. The molecule has 2 heterocycles. The fourth-order valence-electron chi connectivity index (χ4n) is 2.93. The predicted molar refractivity (Wildman–Crippen MR) is 92.1 cm³/mol. The predicted octanol–water partition coefficient (Wildman–Crippen LogP) is 1.80. The topological polar surface area (TPSA) is 98.7 Å². The fraction of sp³-hybridized carbons (Fsp3) is 0.429. The van der Waals surface area contributed by atoms with Crippen molar-refractivity contribution in [2.45, 2.75) is 37.8 Å². The number of nitrogens with one attached hydrogen (secondary N) is 1. The summed E-state index contributed by atoms with van der Waals surface area (Å²) in [6.07, 6.45) is 6.51. The highest BCUT2D eigenvalue weighted by Crippen LogP contribution is 2.32. The molecule has 0 bridgehead atoms. The Balaban J connectivity index is 1.78. The summed E-state index contributed by atoms with van der Waals surface area (Å²) in [6, 6.07) is 0.486. The van der Waals surface area contributed by atoms with Gasteiger partial charge < -0.3 is 11.1 Å². The second kappa shape index (κ2) is 6.19. The number of amides is 1. The molecule has 0 atom stereocenters. The first-order valence-electron chi connectivity index (χ1n) is 7.17. The molecular weight excluding hydrogens is 395 g/mol. The summed E-state index contributed by atoms with van der Waals surface area (Å²) in [5, 5.41) is 8.38. The first kappa shape index (κ1) is 15.2. The monoisotopic (exact) mass is 412 g/mol. The van der Waals surface area contributed by atoms with E-state index in [9.17, 15) is 4.79 Å². The van der Waals surface area contributed by atoms with E-state index in [4.69, 9.17) is 5.73 Å². The van der Waals surface area contributed by atoms with Crippen molar-refractivity contribution in [2.24, 2.45) is 0 Å². The quantitative estimate of drug-likeness (QED) is 0.592. The van der Waals surface area contributed by atoms with Crippen LogP contribution < -0.4 is 11.1 Å². The van der Waals surface area contributed by atoms with Crippen LogP contribution in [0.25, 0.3) is 11.0 Å². The highest BCUT2D eigenvalue weighted by Gasteiger charge is 2.26. The van der Waals surface area contributed by atoms with Gasteiger partial charge in [0.1, 0.15) is 15.8 Å². The number of anilines is 1. The van der Waals surface area contributed by atoms with Crippen LogP contribution in [0.4, 0.5) is 5.82 Å². The van der Waals surface area contributed by atoms with Crippen LogP contribution in [0.3, 0.4) is 0 Å². The molecule has 1 saturated carbocycles. The van der Waals surface area contributed by atoms with Crippen LogP contribution in [0.2, 0.25) is 0 Å². The van der Waals surface area contributed by atoms with Crippen LogP contribution >= 0.6 is 22.6 Å². The standard InChI is InChI=1S/C14H17IN6O/c1-2-10(22)19-8-3-5-9(6-4-8)21-14-11(12(15)20-21)13(16)17-7-18-14/h2,7-9H,1,3-6H2,(H,19,22)(H2,16,17,18). The highest BCUT2D eigenvalue weighted by molar-refractivity contribution is 14.1. The van der Waals surface area contributed by atoms with Crippen molar-refractivity contribution in [3.63, 3.8) is 0 Å². The molecule has 3 rings (SSSR count). The SMILES string of the molecule is C=CC(=O)NC1CCC(n2nc(I)c3c(N)ncnc32)CC1. The summed E-state index contributed by atoms with van der Waals surface area (Å²) in [7, 11) is 0. The number of fused-ring (bicyclic) bond motifs is 1. The third kappa shape index (κ3) is 2.79. The molecule has 1 aliphatic rings. The molecule has 1 fully saturated rings. The molecule has 2 aromatic heterocycles. The van der Waals surface area contributed by atoms with Gasteiger partial charge in [-0.25, -0.2) is 14.6 Å². The Kier molecular flexibility index (Phi) is 4.27. The smallest absolute Gasteiger partial charge is 0.243 e. The summed E-state index contributed by atoms with van der Waals surface area (Å²) < 4.78 is 2.79. The van der Waals surface area contributed by atoms with Crippen LogP contribution in [0, 0.1) is 3.70 Å². The van der Waals surface area contributed by atoms with Gasteiger partial charge in [-0.05, 0) is 54.4 Å². The molecule has 0 aromatic carbocycles. The largest absolute Gasteiger partial charge is 0.383 e. The third-order valence-electron chi connectivity index (χ3n) is 4.05. The summed E-state index contributed by atoms with van der Waals surface area (Å²) in [6.45, 7) is 3.48. The lowest BCUT2D eigenvalue weighted by Gasteiger charge is -2.29. The van der Waals surface area contributed by atoms with Gasteiger partial charge in [0.2, 0.25) is 5.91 Å². The van der Waals surface area contributed by atoms with Gasteiger partial charge in [0.05, 0.1) is 11.4 Å². The summed E-state index contributed by atoms with van der Waals surface area (Å²) in [5.41, 5.74) is 6.71. The molecule has 0 spiro atoms. The molecule has 22 heavy (non-hydrogen) atoms. The zero-order valence-electron chi connectivity index (χ0n) is 12.0. The molecule has 8 heteroatoms. The maximum absolute atomic E-state index is 11.4. The van der Waals surface area contributed by atoms with E-state index in [2.05, 4.69) is 49.6 Å². The van der Waals surface area contributed by atoms with Crippen LogP contribution in [-0.4, -0.2) is 31.7 Å². The molecule has 116 valence electrons. The number of aromatic nitrogens is 4. The average molecular weight is 412 g/mol. The van der Waals surface area contributed by atoms with Gasteiger partial charge in [-0.3, -0.25) is 4.79 Å². The Bertz CT molecular complexity index is 719. The highest BCUT2D eigenvalue weighted by atomic mass is 127. The molecule has 0 aliphatic heterocycles. The van der Waals surface area contributed by atoms with Gasteiger partial charge in [-0.2, -0.15) is 5.10 Å². The number of nitrogens with two attached hydrogens (primary N) is 1. The second-order valence-electron chi connectivity index (χ2n) is 5.41. The lowest BCUT2D eigenvalue weighted by molar-refractivity contribution is -0.117. The number of nitrogens with zero attached hydrogens (tertiary/aromatic N) is 4. The van der Waals surface area contributed by atoms with Crippen molar-refractivity contribution >= 4 is 45.3 Å². The lowest BCUT2D eigenvalue weighted by atomic mass is 9.91. The normalized spacial score (nSPS) is 21.7. The number of halogens is 1. The Labute approximate surface area is 141 Å². The summed E-state index contributed by atoms with van der Waals surface area (Å²) >= 11 is 2.17. The van der Waals surface area contributed by atoms with E-state index >= 15 is 0 Å². The Morgan fingerprint density at radius 2 is 2.14 bits per heavy atom. The van der Waals surface area contributed by atoms with Gasteiger partial charge in [-0.1, -0.05) is 6.58 Å². The van der Waals surface area contributed by atoms with E-state index in [1.165, 1.54) is 12.4 Å². The Morgan fingerprint density at radius 1 is 1.41 bits per heavy atom. The van der Waals surface area contributed by atoms with Crippen molar-refractivity contribution in [1.29, 1.82) is 0 Å². The minimum absolute atomic E-state index is 0.108. The first-order valence-corrected chi connectivity index (χ1v) is 8.25. The fourth-order valence-corrected chi connectivity index (χ4v) is 3.68. The maximum Gasteiger partial charge on any atom is 0.243 e. The average Bonchev–Trinajstić information content (AvgIpc) is 2.86. The van der Waals surface area contributed by atoms with Crippen LogP contribution in [-0.2, 0) is 4.79 Å². The molecule has 1 aliphatic carbocycles. The number of carbonyl (C=O) groups is 1. The van der Waals surface area contributed by atoms with Crippen molar-refractivity contribution in [1.82, 2.24) is 25.1 Å². The molecule has 7 nitrogen and oxygen atoms in total. The molecule has 3 N–H and O–H groups in total. The number of carbonyl (C=O) groups excluding carboxylic acids is 1. The van der Waals surface area contributed by atoms with Gasteiger partial charge >= 0.3 is 0 Å². The van der Waals surface area contributed by atoms with Gasteiger partial charge in [0, 0.05) is 6.04 Å². The number of hydrogen-bond acceptors (Lipinski definition) is 5. The van der Waals surface area contributed by atoms with Crippen molar-refractivity contribution in [2.75, 3.05) is 5.73 Å². The van der Waals surface area contributed by atoms with E-state index in [0.717, 1.165) is 40.4 Å². The molecule has 0 unspecified atom stereocenters. The van der Waals surface area contributed by atoms with Crippen LogP contribution in [0.5, 0.6) is 0 Å². The Hall–Kier alpha value is -1.71. The minimum Gasteiger partial charge on any atom is -0.383 e. The van der Waals surface area contributed by atoms with E-state index < -0.39 is 0 Å². The Morgan fingerprint density at radius 3 is 2.82 bits per heavy atom. The summed E-state index contributed by atoms with van der Waals surface area (Å²) in [5.74, 6) is 0.357. The molecule has 2 aromatic rings. The number of hydrogen-bond donors (Lipinski definition) is 2. The van der Waals surface area contributed by atoms with Crippen molar-refractivity contribution in [3.05, 3.63) is 22.7 Å². The maximum atomic E-state index is 11.4. The van der Waals surface area contributed by atoms with Gasteiger partial charge in [-0.15, -0.1) is 0 Å². The first-order chi connectivity index (χ1) is 10.6. The minimum atomic E-state index is -0.108. The molecule has 1 amide bonds. The van der Waals surface area contributed by atoms with Gasteiger partial charge in [0.15, 0.2) is 5.65 Å². The van der Waals surface area contributed by atoms with E-state index in [0.29, 0.717) is 5.82 Å². The second-order valence-corrected chi connectivity index (χ2v) is 6.43. The van der Waals surface area contributed by atoms with Gasteiger partial charge in [0.25, 0.3) is 0 Å². The molecule has 0 radical (unpaired) electrons. The van der Waals surface area contributed by atoms with Crippen molar-refractivity contribution in [3.8, 4) is 0 Å². The van der Waals surface area contributed by atoms with Crippen molar-refractivity contribution < 1.29 is 4.79 Å².